The molecule has 1 saturated carbocycles. The Hall–Kier alpha value is -2.69. The summed E-state index contributed by atoms with van der Waals surface area (Å²) < 4.78 is 5.35. The summed E-state index contributed by atoms with van der Waals surface area (Å²) in [4.78, 5) is 20.8. The van der Waals surface area contributed by atoms with Crippen molar-refractivity contribution in [1.82, 2.24) is 9.97 Å². The minimum atomic E-state index is -0.234. The molecule has 2 heterocycles. The third-order valence-electron chi connectivity index (χ3n) is 3.65. The fourth-order valence-corrected chi connectivity index (χ4v) is 2.45. The van der Waals surface area contributed by atoms with Crippen LogP contribution in [0.3, 0.4) is 0 Å². The van der Waals surface area contributed by atoms with Gasteiger partial charge in [-0.15, -0.1) is 0 Å². The zero-order chi connectivity index (χ0) is 14.2. The van der Waals surface area contributed by atoms with E-state index in [9.17, 15) is 4.79 Å². The molecule has 1 aromatic carbocycles. The van der Waals surface area contributed by atoms with Crippen molar-refractivity contribution >= 4 is 22.5 Å². The van der Waals surface area contributed by atoms with Crippen LogP contribution in [-0.2, 0) is 0 Å². The van der Waals surface area contributed by atoms with E-state index in [4.69, 9.17) is 4.42 Å². The molecule has 1 aliphatic carbocycles. The summed E-state index contributed by atoms with van der Waals surface area (Å²) >= 11 is 0. The number of hydrogen-bond donors (Lipinski definition) is 1. The molecule has 21 heavy (non-hydrogen) atoms. The molecule has 104 valence electrons. The number of nitrogens with zero attached hydrogens (tertiary/aromatic N) is 2. The number of nitrogens with one attached hydrogen (secondary N) is 1. The van der Waals surface area contributed by atoms with Crippen LogP contribution >= 0.6 is 0 Å². The molecule has 4 rings (SSSR count). The minimum absolute atomic E-state index is 0.234. The molecule has 1 N–H and O–H groups in total. The van der Waals surface area contributed by atoms with Gasteiger partial charge in [-0.05, 0) is 37.1 Å². The smallest absolute Gasteiger partial charge is 0.277 e. The van der Waals surface area contributed by atoms with Crippen molar-refractivity contribution in [3.63, 3.8) is 0 Å². The first kappa shape index (κ1) is 12.1. The molecule has 0 aliphatic heterocycles. The molecule has 5 heteroatoms. The fraction of sp³-hybridized carbons (Fsp3) is 0.188. The first-order chi connectivity index (χ1) is 10.3. The number of benzene rings is 1. The largest absolute Gasteiger partial charge is 0.447 e. The molecule has 0 radical (unpaired) electrons. The predicted octanol–water partition coefficient (Wildman–Crippen LogP) is 3.35. The molecule has 1 aliphatic rings. The number of amides is 1. The number of fused-ring (bicyclic) bond motifs is 1. The zero-order valence-electron chi connectivity index (χ0n) is 11.2. The summed E-state index contributed by atoms with van der Waals surface area (Å²) in [5.74, 6) is 0.815. The average molecular weight is 279 g/mol. The summed E-state index contributed by atoms with van der Waals surface area (Å²) in [6, 6.07) is 9.43. The van der Waals surface area contributed by atoms with Crippen molar-refractivity contribution in [2.45, 2.75) is 18.8 Å². The second-order valence-corrected chi connectivity index (χ2v) is 5.17. The molecule has 1 amide bonds. The van der Waals surface area contributed by atoms with Gasteiger partial charge in [-0.25, -0.2) is 4.98 Å². The van der Waals surface area contributed by atoms with E-state index in [1.807, 2.05) is 30.3 Å². The Kier molecular flexibility index (Phi) is 2.70. The fourth-order valence-electron chi connectivity index (χ4n) is 2.45. The number of carbonyl (C=O) groups excluding carboxylic acids is 1. The molecular formula is C16H13N3O2. The van der Waals surface area contributed by atoms with Crippen LogP contribution in [0.15, 0.2) is 47.3 Å². The van der Waals surface area contributed by atoms with E-state index >= 15 is 0 Å². The van der Waals surface area contributed by atoms with Crippen molar-refractivity contribution in [2.75, 3.05) is 5.32 Å². The normalized spacial score (nSPS) is 14.3. The summed E-state index contributed by atoms with van der Waals surface area (Å²) in [5, 5.41) is 3.82. The van der Waals surface area contributed by atoms with E-state index in [1.54, 1.807) is 6.20 Å². The number of carbonyl (C=O) groups is 1. The van der Waals surface area contributed by atoms with Gasteiger partial charge in [0.05, 0.1) is 11.2 Å². The van der Waals surface area contributed by atoms with Crippen LogP contribution < -0.4 is 5.32 Å². The van der Waals surface area contributed by atoms with Crippen LogP contribution in [0.4, 0.5) is 5.69 Å². The summed E-state index contributed by atoms with van der Waals surface area (Å²) in [6.07, 6.45) is 5.20. The molecule has 5 nitrogen and oxygen atoms in total. The maximum atomic E-state index is 12.4. The second kappa shape index (κ2) is 4.70. The monoisotopic (exact) mass is 279 g/mol. The van der Waals surface area contributed by atoms with E-state index in [0.717, 1.165) is 29.4 Å². The predicted molar refractivity (Wildman–Crippen MR) is 78.2 cm³/mol. The summed E-state index contributed by atoms with van der Waals surface area (Å²) in [6.45, 7) is 0. The molecule has 0 atom stereocenters. The lowest BCUT2D eigenvalue weighted by Gasteiger charge is -2.07. The lowest BCUT2D eigenvalue weighted by Crippen LogP contribution is -2.14. The standard InChI is InChI=1S/C16H13N3O2/c20-16(14-15(10-6-7-10)21-9-18-14)19-13-5-1-4-12-11(13)3-2-8-17-12/h1-5,8-10H,6-7H2,(H,19,20). The molecule has 2 aromatic heterocycles. The van der Waals surface area contributed by atoms with Crippen LogP contribution in [0.2, 0.25) is 0 Å². The van der Waals surface area contributed by atoms with Gasteiger partial charge in [0.2, 0.25) is 0 Å². The number of anilines is 1. The van der Waals surface area contributed by atoms with Crippen LogP contribution in [0.1, 0.15) is 35.0 Å². The van der Waals surface area contributed by atoms with E-state index < -0.39 is 0 Å². The number of hydrogen-bond acceptors (Lipinski definition) is 4. The maximum Gasteiger partial charge on any atom is 0.277 e. The molecule has 0 bridgehead atoms. The number of oxazole rings is 1. The Morgan fingerprint density at radius 2 is 2.10 bits per heavy atom. The maximum absolute atomic E-state index is 12.4. The topological polar surface area (TPSA) is 68.0 Å². The van der Waals surface area contributed by atoms with Crippen LogP contribution in [0.5, 0.6) is 0 Å². The number of aromatic nitrogens is 2. The molecule has 3 aromatic rings. The average Bonchev–Trinajstić information content (AvgIpc) is 3.24. The quantitative estimate of drug-likeness (QED) is 0.798. The van der Waals surface area contributed by atoms with Crippen LogP contribution in [0, 0.1) is 0 Å². The van der Waals surface area contributed by atoms with Gasteiger partial charge in [-0.2, -0.15) is 0 Å². The lowest BCUT2D eigenvalue weighted by molar-refractivity contribution is 0.102. The molecule has 0 saturated heterocycles. The van der Waals surface area contributed by atoms with E-state index in [1.165, 1.54) is 6.39 Å². The summed E-state index contributed by atoms with van der Waals surface area (Å²) in [7, 11) is 0. The Balaban J connectivity index is 1.68. The van der Waals surface area contributed by atoms with E-state index in [0.29, 0.717) is 17.4 Å². The van der Waals surface area contributed by atoms with Crippen molar-refractivity contribution in [3.8, 4) is 0 Å². The highest BCUT2D eigenvalue weighted by molar-refractivity contribution is 6.08. The highest BCUT2D eigenvalue weighted by Gasteiger charge is 2.32. The van der Waals surface area contributed by atoms with Gasteiger partial charge >= 0.3 is 0 Å². The first-order valence-corrected chi connectivity index (χ1v) is 6.91. The van der Waals surface area contributed by atoms with Gasteiger partial charge in [0.25, 0.3) is 5.91 Å². The van der Waals surface area contributed by atoms with Crippen LogP contribution in [-0.4, -0.2) is 15.9 Å². The molecular weight excluding hydrogens is 266 g/mol. The molecule has 0 spiro atoms. The highest BCUT2D eigenvalue weighted by atomic mass is 16.3. The van der Waals surface area contributed by atoms with Gasteiger partial charge < -0.3 is 9.73 Å². The lowest BCUT2D eigenvalue weighted by atomic mass is 10.1. The SMILES string of the molecule is O=C(Nc1cccc2ncccc12)c1ncoc1C1CC1. The number of pyridine rings is 1. The number of rotatable bonds is 3. The molecule has 0 unspecified atom stereocenters. The molecule has 1 fully saturated rings. The third-order valence-corrected chi connectivity index (χ3v) is 3.65. The minimum Gasteiger partial charge on any atom is -0.447 e. The van der Waals surface area contributed by atoms with Gasteiger partial charge in [0, 0.05) is 17.5 Å². The van der Waals surface area contributed by atoms with E-state index in [-0.39, 0.29) is 5.91 Å². The van der Waals surface area contributed by atoms with Crippen molar-refractivity contribution in [3.05, 3.63) is 54.4 Å². The van der Waals surface area contributed by atoms with Crippen LogP contribution in [0.25, 0.3) is 10.9 Å². The second-order valence-electron chi connectivity index (χ2n) is 5.17. The van der Waals surface area contributed by atoms with Crippen molar-refractivity contribution < 1.29 is 9.21 Å². The van der Waals surface area contributed by atoms with Crippen molar-refractivity contribution in [2.24, 2.45) is 0 Å². The van der Waals surface area contributed by atoms with Gasteiger partial charge in [0.15, 0.2) is 12.1 Å². The summed E-state index contributed by atoms with van der Waals surface area (Å²) in [5.41, 5.74) is 1.96. The first-order valence-electron chi connectivity index (χ1n) is 6.91. The van der Waals surface area contributed by atoms with Gasteiger partial charge in [-0.1, -0.05) is 6.07 Å². The van der Waals surface area contributed by atoms with Crippen molar-refractivity contribution in [1.29, 1.82) is 0 Å². The van der Waals surface area contributed by atoms with Gasteiger partial charge in [0.1, 0.15) is 5.76 Å². The third kappa shape index (κ3) is 2.16. The highest BCUT2D eigenvalue weighted by Crippen LogP contribution is 2.41. The Bertz CT molecular complexity index is 816. The Morgan fingerprint density at radius 3 is 2.95 bits per heavy atom. The Labute approximate surface area is 121 Å². The zero-order valence-corrected chi connectivity index (χ0v) is 11.2. The van der Waals surface area contributed by atoms with Gasteiger partial charge in [-0.3, -0.25) is 9.78 Å². The van der Waals surface area contributed by atoms with E-state index in [2.05, 4.69) is 15.3 Å². The Morgan fingerprint density at radius 1 is 1.19 bits per heavy atom.